The number of halogens is 1. The van der Waals surface area contributed by atoms with Crippen LogP contribution in [0.3, 0.4) is 0 Å². The summed E-state index contributed by atoms with van der Waals surface area (Å²) in [6.07, 6.45) is 19.0. The van der Waals surface area contributed by atoms with Crippen LogP contribution in [0.5, 0.6) is 5.75 Å². The molecule has 2 heterocycles. The third-order valence-electron chi connectivity index (χ3n) is 7.27. The molecule has 2 atom stereocenters. The minimum absolute atomic E-state index is 0.0170. The van der Waals surface area contributed by atoms with Crippen LogP contribution in [0.1, 0.15) is 42.5 Å². The zero-order valence-electron chi connectivity index (χ0n) is 21.3. The fourth-order valence-corrected chi connectivity index (χ4v) is 5.50. The van der Waals surface area contributed by atoms with Gasteiger partial charge >= 0.3 is 0 Å². The molecule has 3 aliphatic rings. The summed E-state index contributed by atoms with van der Waals surface area (Å²) in [5.41, 5.74) is 3.72. The number of nitrogens with one attached hydrogen (secondary N) is 1. The fourth-order valence-electron chi connectivity index (χ4n) is 5.16. The number of rotatable bonds is 8. The van der Waals surface area contributed by atoms with Gasteiger partial charge in [-0.1, -0.05) is 48.6 Å². The second-order valence-corrected chi connectivity index (χ2v) is 11.0. The Morgan fingerprint density at radius 1 is 1.13 bits per heavy atom. The second-order valence-electron chi connectivity index (χ2n) is 10.0. The number of carbonyl (C=O) groups excluding carboxylic acids is 2. The van der Waals surface area contributed by atoms with Gasteiger partial charge < -0.3 is 15.0 Å². The third kappa shape index (κ3) is 7.01. The van der Waals surface area contributed by atoms with Crippen molar-refractivity contribution in [2.75, 3.05) is 29.9 Å². The lowest BCUT2D eigenvalue weighted by Gasteiger charge is -2.22. The molecule has 1 amide bonds. The zero-order chi connectivity index (χ0) is 26.3. The number of hydrogen-bond acceptors (Lipinski definition) is 5. The van der Waals surface area contributed by atoms with E-state index in [-0.39, 0.29) is 9.70 Å². The molecule has 1 fully saturated rings. The van der Waals surface area contributed by atoms with Gasteiger partial charge in [0, 0.05) is 47.2 Å². The number of ether oxygens (including phenoxy) is 1. The van der Waals surface area contributed by atoms with Gasteiger partial charge in [0.25, 0.3) is 0 Å². The lowest BCUT2D eigenvalue weighted by atomic mass is 9.85. The Hall–Kier alpha value is -3.20. The van der Waals surface area contributed by atoms with Crippen molar-refractivity contribution in [3.8, 4) is 5.75 Å². The van der Waals surface area contributed by atoms with E-state index < -0.39 is 0 Å². The molecule has 1 saturated heterocycles. The third-order valence-corrected chi connectivity index (χ3v) is 7.89. The number of allylic oxidation sites excluding steroid dienone is 7. The zero-order valence-corrected chi connectivity index (χ0v) is 23.5. The van der Waals surface area contributed by atoms with Gasteiger partial charge in [-0.3, -0.25) is 9.59 Å². The smallest absolute Gasteiger partial charge is 0.228 e. The Bertz CT molecular complexity index is 1300. The SMILES string of the molecule is O=C(CC1=CCC2C=CC=CC2=C1)Nc1ccc(N2CCC[C@@H](COc3cccc(C(=O)I)c3)CC2)nc1. The van der Waals surface area contributed by atoms with E-state index in [1.807, 2.05) is 42.5 Å². The minimum Gasteiger partial charge on any atom is -0.493 e. The number of carbonyl (C=O) groups is 2. The molecule has 0 bridgehead atoms. The standard InChI is InChI=1S/C31H32IN3O3/c32-31(37)26-8-3-9-28(19-26)38-21-22-5-4-15-35(16-14-22)29-13-12-27(20-33-29)34-30(36)18-23-10-11-24-6-1-2-7-25(24)17-23/h1-3,6-10,12-13,17,19-20,22,24H,4-5,11,14-16,18,21H2,(H,34,36)/t22-,24?/m1/s1. The van der Waals surface area contributed by atoms with Gasteiger partial charge in [0.05, 0.1) is 24.9 Å². The highest BCUT2D eigenvalue weighted by Crippen LogP contribution is 2.30. The molecule has 1 unspecified atom stereocenters. The largest absolute Gasteiger partial charge is 0.493 e. The number of benzene rings is 1. The normalized spacial score (nSPS) is 20.6. The molecule has 1 aromatic carbocycles. The van der Waals surface area contributed by atoms with E-state index in [1.165, 1.54) is 5.57 Å². The maximum Gasteiger partial charge on any atom is 0.228 e. The quantitative estimate of drug-likeness (QED) is 0.264. The number of nitrogens with zero attached hydrogens (tertiary/aromatic N) is 2. The maximum atomic E-state index is 12.6. The van der Waals surface area contributed by atoms with Crippen LogP contribution in [0.4, 0.5) is 11.5 Å². The van der Waals surface area contributed by atoms with Crippen molar-refractivity contribution < 1.29 is 14.3 Å². The lowest BCUT2D eigenvalue weighted by Crippen LogP contribution is -2.25. The monoisotopic (exact) mass is 621 g/mol. The first kappa shape index (κ1) is 26.4. The van der Waals surface area contributed by atoms with Crippen molar-refractivity contribution in [3.63, 3.8) is 0 Å². The Kier molecular flexibility index (Phi) is 8.73. The molecule has 2 aromatic rings. The molecule has 1 aromatic heterocycles. The predicted molar refractivity (Wildman–Crippen MR) is 160 cm³/mol. The molecular formula is C31H32IN3O3. The van der Waals surface area contributed by atoms with Gasteiger partial charge in [-0.15, -0.1) is 0 Å². The average molecular weight is 622 g/mol. The van der Waals surface area contributed by atoms with Gasteiger partial charge in [-0.25, -0.2) is 4.98 Å². The van der Waals surface area contributed by atoms with Gasteiger partial charge in [0.1, 0.15) is 11.6 Å². The predicted octanol–water partition coefficient (Wildman–Crippen LogP) is 6.67. The molecule has 1 N–H and O–H groups in total. The first-order valence-corrected chi connectivity index (χ1v) is 14.3. The first-order chi connectivity index (χ1) is 18.5. The Labute approximate surface area is 237 Å². The van der Waals surface area contributed by atoms with E-state index in [1.54, 1.807) is 28.8 Å². The number of fused-ring (bicyclic) bond motifs is 1. The summed E-state index contributed by atoms with van der Waals surface area (Å²) in [5, 5.41) is 2.99. The van der Waals surface area contributed by atoms with Gasteiger partial charge in [0.2, 0.25) is 9.70 Å². The van der Waals surface area contributed by atoms with Crippen molar-refractivity contribution in [2.24, 2.45) is 11.8 Å². The van der Waals surface area contributed by atoms with Gasteiger partial charge in [-0.2, -0.15) is 0 Å². The van der Waals surface area contributed by atoms with Crippen molar-refractivity contribution in [3.05, 3.63) is 95.8 Å². The number of anilines is 2. The summed E-state index contributed by atoms with van der Waals surface area (Å²) in [4.78, 5) is 31.2. The van der Waals surface area contributed by atoms with E-state index >= 15 is 0 Å². The van der Waals surface area contributed by atoms with E-state index in [2.05, 4.69) is 45.6 Å². The number of amides is 1. The Balaban J connectivity index is 1.09. The average Bonchev–Trinajstić information content (AvgIpc) is 3.18. The molecule has 0 spiro atoms. The topological polar surface area (TPSA) is 71.5 Å². The fraction of sp³-hybridized carbons (Fsp3) is 0.323. The molecule has 5 rings (SSSR count). The van der Waals surface area contributed by atoms with Crippen LogP contribution in [0.15, 0.2) is 90.2 Å². The minimum atomic E-state index is -0.0255. The molecular weight excluding hydrogens is 589 g/mol. The van der Waals surface area contributed by atoms with Crippen LogP contribution in [0, 0.1) is 11.8 Å². The van der Waals surface area contributed by atoms with Gasteiger partial charge in [0.15, 0.2) is 0 Å². The van der Waals surface area contributed by atoms with Crippen molar-refractivity contribution in [1.82, 2.24) is 4.98 Å². The van der Waals surface area contributed by atoms with Crippen LogP contribution in [0.2, 0.25) is 0 Å². The van der Waals surface area contributed by atoms with Crippen molar-refractivity contribution in [2.45, 2.75) is 32.1 Å². The first-order valence-electron chi connectivity index (χ1n) is 13.2. The summed E-state index contributed by atoms with van der Waals surface area (Å²) in [6, 6.07) is 11.3. The summed E-state index contributed by atoms with van der Waals surface area (Å²) in [7, 11) is 0. The second kappa shape index (κ2) is 12.6. The maximum absolute atomic E-state index is 12.6. The van der Waals surface area contributed by atoms with Crippen LogP contribution >= 0.6 is 22.6 Å². The lowest BCUT2D eigenvalue weighted by molar-refractivity contribution is -0.115. The molecule has 2 aliphatic carbocycles. The number of aromatic nitrogens is 1. The summed E-state index contributed by atoms with van der Waals surface area (Å²) in [6.45, 7) is 2.50. The highest BCUT2D eigenvalue weighted by atomic mass is 127. The molecule has 6 nitrogen and oxygen atoms in total. The van der Waals surface area contributed by atoms with Crippen LogP contribution < -0.4 is 15.0 Å². The summed E-state index contributed by atoms with van der Waals surface area (Å²) >= 11 is 1.80. The highest BCUT2D eigenvalue weighted by Gasteiger charge is 2.20. The number of pyridine rings is 1. The molecule has 0 radical (unpaired) electrons. The van der Waals surface area contributed by atoms with E-state index in [4.69, 9.17) is 4.74 Å². The van der Waals surface area contributed by atoms with Crippen LogP contribution in [-0.2, 0) is 4.79 Å². The molecule has 38 heavy (non-hydrogen) atoms. The molecule has 0 saturated carbocycles. The summed E-state index contributed by atoms with van der Waals surface area (Å²) < 4.78 is 6.04. The van der Waals surface area contributed by atoms with Crippen LogP contribution in [0.25, 0.3) is 0 Å². The highest BCUT2D eigenvalue weighted by molar-refractivity contribution is 14.1. The van der Waals surface area contributed by atoms with E-state index in [9.17, 15) is 9.59 Å². The van der Waals surface area contributed by atoms with E-state index in [0.717, 1.165) is 61.6 Å². The Morgan fingerprint density at radius 3 is 2.89 bits per heavy atom. The van der Waals surface area contributed by atoms with Crippen LogP contribution in [-0.4, -0.2) is 34.4 Å². The Morgan fingerprint density at radius 2 is 2.05 bits per heavy atom. The van der Waals surface area contributed by atoms with Crippen molar-refractivity contribution >= 4 is 43.8 Å². The molecule has 1 aliphatic heterocycles. The summed E-state index contributed by atoms with van der Waals surface area (Å²) in [5.74, 6) is 2.55. The molecule has 7 heteroatoms. The van der Waals surface area contributed by atoms with E-state index in [0.29, 0.717) is 30.4 Å². The number of hydrogen-bond donors (Lipinski definition) is 1. The molecule has 196 valence electrons. The van der Waals surface area contributed by atoms with Gasteiger partial charge in [-0.05, 0) is 67.0 Å². The van der Waals surface area contributed by atoms with Crippen molar-refractivity contribution in [1.29, 1.82) is 0 Å².